The van der Waals surface area contributed by atoms with Crippen LogP contribution in [0.4, 0.5) is 0 Å². The van der Waals surface area contributed by atoms with Crippen LogP contribution in [0.1, 0.15) is 26.7 Å². The van der Waals surface area contributed by atoms with Crippen LogP contribution in [0.3, 0.4) is 0 Å². The molecule has 0 aromatic heterocycles. The lowest BCUT2D eigenvalue weighted by Gasteiger charge is -1.95. The van der Waals surface area contributed by atoms with E-state index < -0.39 is 0 Å². The molecular weight excluding hydrogens is 122 g/mol. The molecule has 0 bridgehead atoms. The molecule has 0 rings (SSSR count). The predicted molar refractivity (Wildman–Crippen MR) is 47.4 cm³/mol. The van der Waals surface area contributed by atoms with E-state index in [9.17, 15) is 0 Å². The normalized spacial score (nSPS) is 12.4. The van der Waals surface area contributed by atoms with Crippen molar-refractivity contribution in [3.05, 3.63) is 23.9 Å². The minimum absolute atomic E-state index is 1.01. The quantitative estimate of drug-likeness (QED) is 0.417. The van der Waals surface area contributed by atoms with Crippen molar-refractivity contribution in [3.63, 3.8) is 0 Å². The molecular formula is C9H15N. The molecule has 1 nitrogen and oxygen atoms in total. The Kier molecular flexibility index (Phi) is 5.74. The second-order valence-corrected chi connectivity index (χ2v) is 2.10. The van der Waals surface area contributed by atoms with Crippen molar-refractivity contribution in [1.29, 1.82) is 0 Å². The largest absolute Gasteiger partial charge is 0.273 e. The first-order chi connectivity index (χ1) is 4.85. The standard InChI is InChI=1S/C9H15N/c1-4-6-7-9(5-2)8-10-3/h4,6,8H,3,5,7H2,1-2H3/b6-4-,9-8-. The Bertz CT molecular complexity index is 143. The van der Waals surface area contributed by atoms with Crippen LogP contribution in [0.25, 0.3) is 0 Å². The fourth-order valence-electron chi connectivity index (χ4n) is 0.687. The van der Waals surface area contributed by atoms with Crippen molar-refractivity contribution in [2.45, 2.75) is 26.7 Å². The lowest BCUT2D eigenvalue weighted by molar-refractivity contribution is 1.02. The van der Waals surface area contributed by atoms with Gasteiger partial charge in [0.15, 0.2) is 0 Å². The van der Waals surface area contributed by atoms with E-state index in [4.69, 9.17) is 0 Å². The zero-order chi connectivity index (χ0) is 7.82. The molecule has 0 N–H and O–H groups in total. The highest BCUT2D eigenvalue weighted by atomic mass is 14.6. The van der Waals surface area contributed by atoms with Crippen molar-refractivity contribution in [3.8, 4) is 0 Å². The van der Waals surface area contributed by atoms with Crippen LogP contribution in [-0.4, -0.2) is 6.72 Å². The van der Waals surface area contributed by atoms with Crippen LogP contribution in [0, 0.1) is 0 Å². The third-order valence-corrected chi connectivity index (χ3v) is 1.34. The Morgan fingerprint density at radius 2 is 2.30 bits per heavy atom. The maximum absolute atomic E-state index is 3.71. The van der Waals surface area contributed by atoms with Crippen molar-refractivity contribution in [2.75, 3.05) is 0 Å². The Morgan fingerprint density at radius 3 is 2.70 bits per heavy atom. The summed E-state index contributed by atoms with van der Waals surface area (Å²) >= 11 is 0. The number of rotatable bonds is 4. The van der Waals surface area contributed by atoms with Gasteiger partial charge in [-0.3, -0.25) is 4.99 Å². The molecule has 0 aliphatic heterocycles. The summed E-state index contributed by atoms with van der Waals surface area (Å²) in [6.07, 6.45) is 8.07. The zero-order valence-corrected chi connectivity index (χ0v) is 6.80. The third-order valence-electron chi connectivity index (χ3n) is 1.34. The van der Waals surface area contributed by atoms with Gasteiger partial charge >= 0.3 is 0 Å². The highest BCUT2D eigenvalue weighted by Gasteiger charge is 1.87. The molecule has 0 fully saturated rings. The minimum Gasteiger partial charge on any atom is -0.273 e. The molecule has 0 aliphatic carbocycles. The van der Waals surface area contributed by atoms with Gasteiger partial charge in [-0.15, -0.1) is 0 Å². The van der Waals surface area contributed by atoms with E-state index in [0.717, 1.165) is 12.8 Å². The van der Waals surface area contributed by atoms with E-state index in [1.54, 1.807) is 0 Å². The summed E-state index contributed by atoms with van der Waals surface area (Å²) in [6.45, 7) is 7.55. The van der Waals surface area contributed by atoms with Gasteiger partial charge in [-0.2, -0.15) is 0 Å². The second kappa shape index (κ2) is 6.27. The summed E-state index contributed by atoms with van der Waals surface area (Å²) in [5, 5.41) is 0. The molecule has 0 saturated carbocycles. The van der Waals surface area contributed by atoms with Crippen molar-refractivity contribution in [2.24, 2.45) is 4.99 Å². The lowest BCUT2D eigenvalue weighted by Crippen LogP contribution is -1.76. The zero-order valence-electron chi connectivity index (χ0n) is 6.80. The van der Waals surface area contributed by atoms with Gasteiger partial charge < -0.3 is 0 Å². The summed E-state index contributed by atoms with van der Waals surface area (Å²) in [5.74, 6) is 0. The molecule has 0 unspecified atom stereocenters. The van der Waals surface area contributed by atoms with Gasteiger partial charge in [-0.25, -0.2) is 0 Å². The fourth-order valence-corrected chi connectivity index (χ4v) is 0.687. The van der Waals surface area contributed by atoms with Crippen LogP contribution in [-0.2, 0) is 0 Å². The third kappa shape index (κ3) is 4.07. The molecule has 1 heteroatoms. The number of aliphatic imine (C=N–C) groups is 1. The summed E-state index contributed by atoms with van der Waals surface area (Å²) in [7, 11) is 0. The van der Waals surface area contributed by atoms with Gasteiger partial charge in [-0.1, -0.05) is 19.1 Å². The number of hydrogen-bond donors (Lipinski definition) is 0. The first-order valence-electron chi connectivity index (χ1n) is 3.60. The smallest absolute Gasteiger partial charge is 0.0255 e. The first kappa shape index (κ1) is 9.15. The van der Waals surface area contributed by atoms with Gasteiger partial charge in [0, 0.05) is 6.20 Å². The Balaban J connectivity index is 3.82. The van der Waals surface area contributed by atoms with Crippen molar-refractivity contribution in [1.82, 2.24) is 0 Å². The molecule has 0 amide bonds. The summed E-state index contributed by atoms with van der Waals surface area (Å²) in [4.78, 5) is 3.71. The monoisotopic (exact) mass is 137 g/mol. The molecule has 0 aromatic carbocycles. The van der Waals surface area contributed by atoms with Gasteiger partial charge in [0.1, 0.15) is 0 Å². The number of allylic oxidation sites excluding steroid dienone is 3. The van der Waals surface area contributed by atoms with E-state index in [1.165, 1.54) is 5.57 Å². The fraction of sp³-hybridized carbons (Fsp3) is 0.444. The van der Waals surface area contributed by atoms with E-state index >= 15 is 0 Å². The van der Waals surface area contributed by atoms with Gasteiger partial charge in [0.05, 0.1) is 0 Å². The average Bonchev–Trinajstić information content (AvgIpc) is 1.98. The van der Waals surface area contributed by atoms with Crippen molar-refractivity contribution >= 4 is 6.72 Å². The molecule has 0 spiro atoms. The maximum atomic E-state index is 3.71. The van der Waals surface area contributed by atoms with Gasteiger partial charge in [-0.05, 0) is 32.1 Å². The topological polar surface area (TPSA) is 12.4 Å². The van der Waals surface area contributed by atoms with Crippen LogP contribution in [0.2, 0.25) is 0 Å². The van der Waals surface area contributed by atoms with Crippen LogP contribution in [0.15, 0.2) is 28.9 Å². The van der Waals surface area contributed by atoms with E-state index in [2.05, 4.69) is 24.7 Å². The summed E-state index contributed by atoms with van der Waals surface area (Å²) < 4.78 is 0. The highest BCUT2D eigenvalue weighted by Crippen LogP contribution is 2.06. The summed E-state index contributed by atoms with van der Waals surface area (Å²) in [6, 6.07) is 0. The number of nitrogens with zero attached hydrogens (tertiary/aromatic N) is 1. The highest BCUT2D eigenvalue weighted by molar-refractivity contribution is 5.26. The average molecular weight is 137 g/mol. The Morgan fingerprint density at radius 1 is 1.60 bits per heavy atom. The van der Waals surface area contributed by atoms with E-state index in [1.807, 2.05) is 19.2 Å². The maximum Gasteiger partial charge on any atom is 0.0255 e. The van der Waals surface area contributed by atoms with Gasteiger partial charge in [0.2, 0.25) is 0 Å². The van der Waals surface area contributed by atoms with Crippen LogP contribution >= 0.6 is 0 Å². The molecule has 10 heavy (non-hydrogen) atoms. The molecule has 0 aliphatic rings. The van der Waals surface area contributed by atoms with Gasteiger partial charge in [0.25, 0.3) is 0 Å². The van der Waals surface area contributed by atoms with Crippen LogP contribution in [0.5, 0.6) is 0 Å². The van der Waals surface area contributed by atoms with E-state index in [0.29, 0.717) is 0 Å². The van der Waals surface area contributed by atoms with E-state index in [-0.39, 0.29) is 0 Å². The minimum atomic E-state index is 1.01. The predicted octanol–water partition coefficient (Wildman–Crippen LogP) is 2.95. The molecule has 0 radical (unpaired) electrons. The molecule has 56 valence electrons. The van der Waals surface area contributed by atoms with Crippen molar-refractivity contribution < 1.29 is 0 Å². The molecule has 0 atom stereocenters. The lowest BCUT2D eigenvalue weighted by atomic mass is 10.1. The first-order valence-corrected chi connectivity index (χ1v) is 3.60. The molecule has 0 aromatic rings. The summed E-state index contributed by atoms with van der Waals surface area (Å²) in [5.41, 5.74) is 1.33. The molecule has 0 saturated heterocycles. The number of hydrogen-bond acceptors (Lipinski definition) is 1. The molecule has 0 heterocycles. The second-order valence-electron chi connectivity index (χ2n) is 2.10. The SMILES string of the molecule is C=N/C=C(/CC)C/C=C\C. The Labute approximate surface area is 63.2 Å². The Hall–Kier alpha value is -0.850. The van der Waals surface area contributed by atoms with Crippen LogP contribution < -0.4 is 0 Å².